The van der Waals surface area contributed by atoms with Crippen molar-refractivity contribution in [3.8, 4) is 17.2 Å². The van der Waals surface area contributed by atoms with Crippen LogP contribution < -0.4 is 15.3 Å². The maximum Gasteiger partial charge on any atom is 3.00 e. The van der Waals surface area contributed by atoms with Gasteiger partial charge in [-0.3, -0.25) is 0 Å². The minimum absolute atomic E-state index is 0. The molecule has 0 aliphatic carbocycles. The van der Waals surface area contributed by atoms with E-state index >= 15 is 0 Å². The molecule has 13 heteroatoms. The Labute approximate surface area is 244 Å². The Bertz CT molecular complexity index is 1760. The van der Waals surface area contributed by atoms with Crippen molar-refractivity contribution in [3.05, 3.63) is 108 Å². The van der Waals surface area contributed by atoms with Crippen LogP contribution in [0.15, 0.2) is 91.0 Å². The van der Waals surface area contributed by atoms with Crippen molar-refractivity contribution in [2.75, 3.05) is 0 Å². The van der Waals surface area contributed by atoms with Gasteiger partial charge in [0.25, 0.3) is 0 Å². The molecule has 0 radical (unpaired) electrons. The van der Waals surface area contributed by atoms with E-state index in [2.05, 4.69) is 15.0 Å². The fraction of sp³-hybridized carbons (Fsp3) is 0. The van der Waals surface area contributed by atoms with Crippen LogP contribution in [-0.4, -0.2) is 56.6 Å². The van der Waals surface area contributed by atoms with E-state index in [0.717, 1.165) is 0 Å². The van der Waals surface area contributed by atoms with E-state index in [1.807, 2.05) is 0 Å². The normalized spacial score (nSPS) is 10.0. The van der Waals surface area contributed by atoms with Crippen LogP contribution in [0.2, 0.25) is 0 Å². The number of para-hydroxylation sites is 3. The van der Waals surface area contributed by atoms with Crippen LogP contribution in [-0.2, 0) is 0 Å². The number of aromatic nitrogens is 3. The molecule has 0 amide bonds. The van der Waals surface area contributed by atoms with Crippen molar-refractivity contribution in [3.63, 3.8) is 0 Å². The van der Waals surface area contributed by atoms with Crippen molar-refractivity contribution in [1.82, 2.24) is 15.0 Å². The third-order valence-corrected chi connectivity index (χ3v) is 5.69. The summed E-state index contributed by atoms with van der Waals surface area (Å²) < 4.78 is 0. The molecule has 0 aliphatic rings. The molecule has 43 heavy (non-hydrogen) atoms. The van der Waals surface area contributed by atoms with Crippen molar-refractivity contribution >= 4 is 59.0 Å². The predicted molar refractivity (Wildman–Crippen MR) is 149 cm³/mol. The van der Waals surface area contributed by atoms with Crippen LogP contribution in [0.5, 0.6) is 17.2 Å². The Morgan fingerprint density at radius 2 is 0.698 bits per heavy atom. The van der Waals surface area contributed by atoms with Gasteiger partial charge in [0, 0.05) is 16.2 Å². The van der Waals surface area contributed by atoms with Crippen molar-refractivity contribution in [2.24, 2.45) is 0 Å². The second-order valence-corrected chi connectivity index (χ2v) is 8.51. The summed E-state index contributed by atoms with van der Waals surface area (Å²) in [4.78, 5) is 42.9. The standard InChI is InChI=1S/3C10H7NO3.B/c3*12-8-5-6-3-1-2-4-7(6)11-9(8)10(13)14;/h3*1-5,12H,(H,13,14);/q;;;+3/p-3. The first-order valence-electron chi connectivity index (χ1n) is 12.0. The molecule has 0 atom stereocenters. The van der Waals surface area contributed by atoms with Crippen LogP contribution in [0.3, 0.4) is 0 Å². The molecular formula is C30H18BN3O9. The number of hydrogen-bond donors (Lipinski definition) is 3. The molecule has 210 valence electrons. The molecule has 0 fully saturated rings. The molecule has 0 unspecified atom stereocenters. The van der Waals surface area contributed by atoms with E-state index in [1.54, 1.807) is 72.8 Å². The summed E-state index contributed by atoms with van der Waals surface area (Å²) in [6.07, 6.45) is 0. The molecule has 3 aromatic heterocycles. The van der Waals surface area contributed by atoms with Gasteiger partial charge in [-0.1, -0.05) is 54.6 Å². The maximum atomic E-state index is 10.5. The van der Waals surface area contributed by atoms with Crippen LogP contribution in [0, 0.1) is 0 Å². The van der Waals surface area contributed by atoms with Gasteiger partial charge in [0.15, 0.2) is 0 Å². The second kappa shape index (κ2) is 13.4. The van der Waals surface area contributed by atoms with Crippen LogP contribution in [0.1, 0.15) is 31.5 Å². The summed E-state index contributed by atoms with van der Waals surface area (Å²) in [5.41, 5.74) is 0.273. The number of pyridine rings is 3. The number of aromatic hydroxyl groups is 3. The zero-order chi connectivity index (χ0) is 30.4. The molecular weight excluding hydrogens is 557 g/mol. The largest absolute Gasteiger partial charge is 3.00 e. The fourth-order valence-electron chi connectivity index (χ4n) is 3.76. The Kier molecular flexibility index (Phi) is 9.76. The van der Waals surface area contributed by atoms with Gasteiger partial charge in [-0.05, 0) is 36.4 Å². The Morgan fingerprint density at radius 1 is 0.465 bits per heavy atom. The molecule has 12 nitrogen and oxygen atoms in total. The molecule has 6 rings (SSSR count). The number of carboxylic acids is 3. The summed E-state index contributed by atoms with van der Waals surface area (Å²) in [6, 6.07) is 24.8. The van der Waals surface area contributed by atoms with Crippen molar-refractivity contribution in [1.29, 1.82) is 0 Å². The quantitative estimate of drug-likeness (QED) is 0.246. The predicted octanol–water partition coefficient (Wildman–Crippen LogP) is 0.531. The second-order valence-electron chi connectivity index (χ2n) is 8.51. The zero-order valence-corrected chi connectivity index (χ0v) is 21.9. The first-order chi connectivity index (χ1) is 20.0. The Balaban J connectivity index is 0.000000175. The number of benzene rings is 3. The monoisotopic (exact) mass is 575 g/mol. The summed E-state index contributed by atoms with van der Waals surface area (Å²) >= 11 is 0. The third kappa shape index (κ3) is 7.29. The van der Waals surface area contributed by atoms with Gasteiger partial charge in [0.1, 0.15) is 34.3 Å². The van der Waals surface area contributed by atoms with E-state index in [4.69, 9.17) is 0 Å². The van der Waals surface area contributed by atoms with E-state index in [-0.39, 0.29) is 25.7 Å². The van der Waals surface area contributed by atoms with E-state index in [1.165, 1.54) is 18.2 Å². The summed E-state index contributed by atoms with van der Waals surface area (Å²) in [5, 5.41) is 61.6. The first kappa shape index (κ1) is 31.3. The van der Waals surface area contributed by atoms with Crippen molar-refractivity contribution in [2.45, 2.75) is 0 Å². The minimum atomic E-state index is -1.48. The number of hydrogen-bond acceptors (Lipinski definition) is 12. The number of carbonyl (C=O) groups is 3. The average Bonchev–Trinajstić information content (AvgIpc) is 2.96. The smallest absolute Gasteiger partial charge is 0.543 e. The van der Waals surface area contributed by atoms with Crippen LogP contribution in [0.4, 0.5) is 0 Å². The van der Waals surface area contributed by atoms with Gasteiger partial charge < -0.3 is 45.0 Å². The van der Waals surface area contributed by atoms with Gasteiger partial charge in [-0.25, -0.2) is 15.0 Å². The van der Waals surface area contributed by atoms with Crippen molar-refractivity contribution < 1.29 is 45.0 Å². The number of aromatic carboxylic acids is 3. The number of carbonyl (C=O) groups excluding carboxylic acids is 3. The number of rotatable bonds is 3. The first-order valence-corrected chi connectivity index (χ1v) is 12.0. The van der Waals surface area contributed by atoms with Gasteiger partial charge in [0.05, 0.1) is 34.5 Å². The Morgan fingerprint density at radius 3 is 0.930 bits per heavy atom. The van der Waals surface area contributed by atoms with E-state index in [9.17, 15) is 45.0 Å². The van der Waals surface area contributed by atoms with Gasteiger partial charge in [-0.15, -0.1) is 0 Å². The third-order valence-electron chi connectivity index (χ3n) is 5.69. The fourth-order valence-corrected chi connectivity index (χ4v) is 3.76. The molecule has 3 heterocycles. The number of fused-ring (bicyclic) bond motifs is 3. The SMILES string of the molecule is O=C([O-])c1nc2ccccc2cc1O.O=C([O-])c1nc2ccccc2cc1O.O=C([O-])c1nc2ccccc2cc1O.[B+3]. The molecule has 6 aromatic rings. The molecule has 3 N–H and O–H groups in total. The summed E-state index contributed by atoms with van der Waals surface area (Å²) in [7, 11) is 0. The minimum Gasteiger partial charge on any atom is -0.543 e. The van der Waals surface area contributed by atoms with E-state index < -0.39 is 35.0 Å². The molecule has 0 saturated heterocycles. The molecule has 0 saturated carbocycles. The van der Waals surface area contributed by atoms with Crippen LogP contribution in [0.25, 0.3) is 32.7 Å². The average molecular weight is 575 g/mol. The topological polar surface area (TPSA) is 220 Å². The van der Waals surface area contributed by atoms with Crippen LogP contribution >= 0.6 is 0 Å². The molecule has 0 spiro atoms. The summed E-state index contributed by atoms with van der Waals surface area (Å²) in [5.74, 6) is -5.55. The molecule has 0 bridgehead atoms. The maximum absolute atomic E-state index is 10.5. The number of nitrogens with zero attached hydrogens (tertiary/aromatic N) is 3. The summed E-state index contributed by atoms with van der Waals surface area (Å²) in [6.45, 7) is 0. The molecule has 3 aromatic carbocycles. The van der Waals surface area contributed by atoms with Gasteiger partial charge in [0.2, 0.25) is 0 Å². The van der Waals surface area contributed by atoms with E-state index in [0.29, 0.717) is 32.7 Å². The van der Waals surface area contributed by atoms with Gasteiger partial charge in [-0.2, -0.15) is 0 Å². The molecule has 0 aliphatic heterocycles. The van der Waals surface area contributed by atoms with Gasteiger partial charge >= 0.3 is 8.41 Å². The number of carboxylic acid groups (broad SMARTS) is 3. The zero-order valence-electron chi connectivity index (χ0n) is 21.9. The Hall–Kier alpha value is -6.24.